The van der Waals surface area contributed by atoms with Gasteiger partial charge in [0.05, 0.1) is 30.9 Å². The maximum absolute atomic E-state index is 11.7. The van der Waals surface area contributed by atoms with Crippen LogP contribution in [-0.4, -0.2) is 37.9 Å². The molecule has 0 amide bonds. The number of ether oxygens (including phenoxy) is 2. The molecule has 1 rings (SSSR count). The molecule has 0 aliphatic heterocycles. The van der Waals surface area contributed by atoms with Gasteiger partial charge in [0.2, 0.25) is 0 Å². The second-order valence-electron chi connectivity index (χ2n) is 3.50. The van der Waals surface area contributed by atoms with Gasteiger partial charge >= 0.3 is 11.9 Å². The third-order valence-electron chi connectivity index (χ3n) is 2.39. The molecule has 0 heterocycles. The van der Waals surface area contributed by atoms with Crippen molar-refractivity contribution < 1.29 is 24.2 Å². The topological polar surface area (TPSA) is 96.6 Å². The van der Waals surface area contributed by atoms with Gasteiger partial charge in [0.1, 0.15) is 12.7 Å². The lowest BCUT2D eigenvalue weighted by Gasteiger charge is -2.08. The molecule has 0 saturated heterocycles. The highest BCUT2D eigenvalue weighted by Gasteiger charge is 2.21. The van der Waals surface area contributed by atoms with Crippen molar-refractivity contribution in [2.24, 2.45) is 0 Å². The van der Waals surface area contributed by atoms with Crippen LogP contribution in [0.3, 0.4) is 0 Å². The predicted molar refractivity (Wildman–Crippen MR) is 67.8 cm³/mol. The summed E-state index contributed by atoms with van der Waals surface area (Å²) in [6.45, 7) is -0.392. The predicted octanol–water partition coefficient (Wildman–Crippen LogP) is 0.475. The minimum Gasteiger partial charge on any atom is -0.465 e. The number of carbonyl (C=O) groups is 2. The van der Waals surface area contributed by atoms with E-state index in [1.807, 2.05) is 6.07 Å². The number of benzene rings is 1. The Bertz CT molecular complexity index is 646. The van der Waals surface area contributed by atoms with E-state index in [0.29, 0.717) is 0 Å². The van der Waals surface area contributed by atoms with Crippen LogP contribution in [0.1, 0.15) is 31.8 Å². The molecule has 0 unspecified atom stereocenters. The SMILES string of the molecule is COC(=O)c1cc(C#N)c(C#CCO)cc1C(=O)OC. The van der Waals surface area contributed by atoms with E-state index in [0.717, 1.165) is 7.11 Å². The van der Waals surface area contributed by atoms with E-state index >= 15 is 0 Å². The van der Waals surface area contributed by atoms with Crippen LogP contribution in [0, 0.1) is 23.2 Å². The Morgan fingerprint density at radius 3 is 2.05 bits per heavy atom. The summed E-state index contributed by atoms with van der Waals surface area (Å²) in [6.07, 6.45) is 0. The largest absolute Gasteiger partial charge is 0.465 e. The standard InChI is InChI=1S/C14H11NO5/c1-19-13(17)11-6-9(4-3-5-16)10(8-15)7-12(11)14(18)20-2/h6-7,16H,5H2,1-2H3. The molecule has 0 spiro atoms. The zero-order valence-electron chi connectivity index (χ0n) is 10.9. The van der Waals surface area contributed by atoms with Crippen molar-refractivity contribution in [2.75, 3.05) is 20.8 Å². The highest BCUT2D eigenvalue weighted by molar-refractivity contribution is 6.03. The molecule has 0 bridgehead atoms. The molecule has 0 aliphatic carbocycles. The van der Waals surface area contributed by atoms with Crippen LogP contribution >= 0.6 is 0 Å². The lowest BCUT2D eigenvalue weighted by molar-refractivity contribution is 0.0555. The summed E-state index contributed by atoms with van der Waals surface area (Å²) in [5, 5.41) is 17.7. The molecule has 0 saturated carbocycles. The fourth-order valence-electron chi connectivity index (χ4n) is 1.49. The molecule has 0 aliphatic rings. The Morgan fingerprint density at radius 1 is 1.15 bits per heavy atom. The van der Waals surface area contributed by atoms with Crippen molar-refractivity contribution in [1.29, 1.82) is 5.26 Å². The molecule has 6 heteroatoms. The van der Waals surface area contributed by atoms with Gasteiger partial charge in [-0.05, 0) is 12.1 Å². The van der Waals surface area contributed by atoms with Gasteiger partial charge in [0.15, 0.2) is 0 Å². The first-order valence-electron chi connectivity index (χ1n) is 5.43. The number of esters is 2. The summed E-state index contributed by atoms with van der Waals surface area (Å²) in [6, 6.07) is 4.33. The molecule has 0 aromatic heterocycles. The smallest absolute Gasteiger partial charge is 0.338 e. The fourth-order valence-corrected chi connectivity index (χ4v) is 1.49. The first-order valence-corrected chi connectivity index (χ1v) is 5.43. The monoisotopic (exact) mass is 273 g/mol. The van der Waals surface area contributed by atoms with Gasteiger partial charge in [-0.25, -0.2) is 9.59 Å². The Labute approximate surface area is 115 Å². The first-order chi connectivity index (χ1) is 9.58. The van der Waals surface area contributed by atoms with E-state index in [4.69, 9.17) is 10.4 Å². The Kier molecular flexibility index (Phi) is 5.28. The molecule has 1 aromatic carbocycles. The van der Waals surface area contributed by atoms with E-state index in [9.17, 15) is 9.59 Å². The number of aliphatic hydroxyl groups is 1. The molecule has 0 fully saturated rings. The minimum absolute atomic E-state index is 0.0550. The first kappa shape index (κ1) is 15.2. The zero-order chi connectivity index (χ0) is 15.1. The van der Waals surface area contributed by atoms with Crippen molar-refractivity contribution in [3.05, 3.63) is 34.4 Å². The van der Waals surface area contributed by atoms with E-state index in [1.54, 1.807) is 0 Å². The van der Waals surface area contributed by atoms with Gasteiger partial charge in [0.25, 0.3) is 0 Å². The summed E-state index contributed by atoms with van der Waals surface area (Å²) in [7, 11) is 2.33. The summed E-state index contributed by atoms with van der Waals surface area (Å²) < 4.78 is 9.14. The highest BCUT2D eigenvalue weighted by Crippen LogP contribution is 2.18. The number of hydrogen-bond acceptors (Lipinski definition) is 6. The Morgan fingerprint density at radius 2 is 1.65 bits per heavy atom. The molecular weight excluding hydrogens is 262 g/mol. The van der Waals surface area contributed by atoms with E-state index in [-0.39, 0.29) is 22.3 Å². The lowest BCUT2D eigenvalue weighted by Crippen LogP contribution is -2.13. The van der Waals surface area contributed by atoms with Gasteiger partial charge in [-0.2, -0.15) is 5.26 Å². The molecule has 20 heavy (non-hydrogen) atoms. The van der Waals surface area contributed by atoms with Crippen molar-refractivity contribution in [2.45, 2.75) is 0 Å². The van der Waals surface area contributed by atoms with Crippen LogP contribution in [-0.2, 0) is 9.47 Å². The minimum atomic E-state index is -0.761. The van der Waals surface area contributed by atoms with Gasteiger partial charge in [-0.3, -0.25) is 0 Å². The molecule has 102 valence electrons. The van der Waals surface area contributed by atoms with E-state index in [2.05, 4.69) is 21.3 Å². The summed E-state index contributed by atoms with van der Waals surface area (Å²) in [5.41, 5.74) is 0.180. The second kappa shape index (κ2) is 6.93. The van der Waals surface area contributed by atoms with Gasteiger partial charge in [0, 0.05) is 5.56 Å². The molecule has 0 radical (unpaired) electrons. The summed E-state index contributed by atoms with van der Waals surface area (Å²) in [5.74, 6) is 3.40. The van der Waals surface area contributed by atoms with Crippen LogP contribution in [0.4, 0.5) is 0 Å². The third kappa shape index (κ3) is 3.14. The number of aliphatic hydroxyl groups excluding tert-OH is 1. The zero-order valence-corrected chi connectivity index (χ0v) is 10.9. The van der Waals surface area contributed by atoms with Crippen LogP contribution in [0.2, 0.25) is 0 Å². The van der Waals surface area contributed by atoms with E-state index < -0.39 is 18.5 Å². The van der Waals surface area contributed by atoms with Crippen molar-refractivity contribution in [3.8, 4) is 17.9 Å². The normalized spacial score (nSPS) is 8.90. The number of hydrogen-bond donors (Lipinski definition) is 1. The maximum atomic E-state index is 11.7. The van der Waals surface area contributed by atoms with Crippen LogP contribution in [0.25, 0.3) is 0 Å². The Balaban J connectivity index is 3.57. The second-order valence-corrected chi connectivity index (χ2v) is 3.50. The number of nitriles is 1. The van der Waals surface area contributed by atoms with Crippen LogP contribution < -0.4 is 0 Å². The maximum Gasteiger partial charge on any atom is 0.338 e. The molecule has 0 atom stereocenters. The summed E-state index contributed by atoms with van der Waals surface area (Å²) >= 11 is 0. The third-order valence-corrected chi connectivity index (χ3v) is 2.39. The van der Waals surface area contributed by atoms with Crippen molar-refractivity contribution in [3.63, 3.8) is 0 Å². The molecular formula is C14H11NO5. The molecule has 1 aromatic rings. The average molecular weight is 273 g/mol. The molecule has 1 N–H and O–H groups in total. The number of carbonyl (C=O) groups excluding carboxylic acids is 2. The van der Waals surface area contributed by atoms with E-state index in [1.165, 1.54) is 19.2 Å². The average Bonchev–Trinajstić information content (AvgIpc) is 2.50. The van der Waals surface area contributed by atoms with Gasteiger partial charge in [-0.1, -0.05) is 11.8 Å². The molecule has 6 nitrogen and oxygen atoms in total. The van der Waals surface area contributed by atoms with Gasteiger partial charge < -0.3 is 14.6 Å². The fraction of sp³-hybridized carbons (Fsp3) is 0.214. The summed E-state index contributed by atoms with van der Waals surface area (Å²) in [4.78, 5) is 23.3. The Hall–Kier alpha value is -2.83. The number of nitrogens with zero attached hydrogens (tertiary/aromatic N) is 1. The lowest BCUT2D eigenvalue weighted by atomic mass is 9.99. The number of rotatable bonds is 2. The van der Waals surface area contributed by atoms with Crippen LogP contribution in [0.5, 0.6) is 0 Å². The highest BCUT2D eigenvalue weighted by atomic mass is 16.5. The van der Waals surface area contributed by atoms with Gasteiger partial charge in [-0.15, -0.1) is 0 Å². The van der Waals surface area contributed by atoms with Crippen molar-refractivity contribution >= 4 is 11.9 Å². The quantitative estimate of drug-likeness (QED) is 0.621. The van der Waals surface area contributed by atoms with Crippen LogP contribution in [0.15, 0.2) is 12.1 Å². The van der Waals surface area contributed by atoms with Crippen molar-refractivity contribution in [1.82, 2.24) is 0 Å². The number of methoxy groups -OCH3 is 2.